The molecule has 1 aromatic carbocycles. The molecule has 1 rings (SSSR count). The summed E-state index contributed by atoms with van der Waals surface area (Å²) in [4.78, 5) is 11.3. The van der Waals surface area contributed by atoms with Gasteiger partial charge < -0.3 is 26.3 Å². The maximum Gasteiger partial charge on any atom is 0.250 e. The Morgan fingerprint density at radius 1 is 1.44 bits per heavy atom. The number of carbonyl (C=O) groups is 1. The maximum absolute atomic E-state index is 11.3. The SMILES string of the molecule is COCC(CNc1cc(N)ccc1C(N)=O)OC. The number of benzene rings is 1. The summed E-state index contributed by atoms with van der Waals surface area (Å²) < 4.78 is 10.2. The second-order valence-corrected chi connectivity index (χ2v) is 3.86. The van der Waals surface area contributed by atoms with Gasteiger partial charge in [-0.3, -0.25) is 4.79 Å². The van der Waals surface area contributed by atoms with Crippen LogP contribution in [0, 0.1) is 0 Å². The quantitative estimate of drug-likeness (QED) is 0.612. The van der Waals surface area contributed by atoms with Crippen LogP contribution in [-0.2, 0) is 9.47 Å². The normalized spacial score (nSPS) is 12.1. The third-order valence-corrected chi connectivity index (χ3v) is 2.52. The predicted octanol–water partition coefficient (Wildman–Crippen LogP) is 0.441. The Balaban J connectivity index is 2.76. The first-order valence-electron chi connectivity index (χ1n) is 5.53. The van der Waals surface area contributed by atoms with Crippen LogP contribution in [0.4, 0.5) is 11.4 Å². The van der Waals surface area contributed by atoms with Crippen LogP contribution >= 0.6 is 0 Å². The summed E-state index contributed by atoms with van der Waals surface area (Å²) in [6.07, 6.45) is -0.114. The minimum absolute atomic E-state index is 0.114. The minimum atomic E-state index is -0.502. The molecule has 6 heteroatoms. The number of nitrogen functional groups attached to an aromatic ring is 1. The molecule has 1 unspecified atom stereocenters. The van der Waals surface area contributed by atoms with Crippen molar-refractivity contribution in [3.63, 3.8) is 0 Å². The lowest BCUT2D eigenvalue weighted by Crippen LogP contribution is -2.27. The summed E-state index contributed by atoms with van der Waals surface area (Å²) in [7, 11) is 3.20. The number of nitrogens with two attached hydrogens (primary N) is 2. The van der Waals surface area contributed by atoms with E-state index in [1.807, 2.05) is 0 Å². The van der Waals surface area contributed by atoms with Gasteiger partial charge in [0, 0.05) is 32.1 Å². The maximum atomic E-state index is 11.3. The van der Waals surface area contributed by atoms with E-state index in [0.29, 0.717) is 30.1 Å². The predicted molar refractivity (Wildman–Crippen MR) is 70.5 cm³/mol. The van der Waals surface area contributed by atoms with E-state index in [-0.39, 0.29) is 6.10 Å². The highest BCUT2D eigenvalue weighted by atomic mass is 16.5. The Labute approximate surface area is 106 Å². The zero-order valence-corrected chi connectivity index (χ0v) is 10.6. The van der Waals surface area contributed by atoms with E-state index >= 15 is 0 Å². The van der Waals surface area contributed by atoms with Crippen molar-refractivity contribution in [2.45, 2.75) is 6.10 Å². The molecule has 1 amide bonds. The molecule has 6 nitrogen and oxygen atoms in total. The molecule has 0 heterocycles. The number of primary amides is 1. The van der Waals surface area contributed by atoms with E-state index in [2.05, 4.69) is 5.32 Å². The molecule has 0 aliphatic rings. The molecule has 18 heavy (non-hydrogen) atoms. The number of hydrogen-bond acceptors (Lipinski definition) is 5. The Morgan fingerprint density at radius 3 is 2.72 bits per heavy atom. The lowest BCUT2D eigenvalue weighted by molar-refractivity contribution is 0.0365. The molecule has 0 aliphatic heterocycles. The Bertz CT molecular complexity index is 410. The standard InChI is InChI=1S/C12H19N3O3/c1-17-7-9(18-2)6-15-11-5-8(13)3-4-10(11)12(14)16/h3-5,9,15H,6-7,13H2,1-2H3,(H2,14,16). The molecule has 5 N–H and O–H groups in total. The second kappa shape index (κ2) is 6.83. The summed E-state index contributed by atoms with van der Waals surface area (Å²) in [5.74, 6) is -0.502. The summed E-state index contributed by atoms with van der Waals surface area (Å²) >= 11 is 0. The number of rotatable bonds is 7. The average molecular weight is 253 g/mol. The van der Waals surface area contributed by atoms with Gasteiger partial charge in [-0.15, -0.1) is 0 Å². The third kappa shape index (κ3) is 3.90. The van der Waals surface area contributed by atoms with E-state index in [1.165, 1.54) is 0 Å². The summed E-state index contributed by atoms with van der Waals surface area (Å²) in [5, 5.41) is 3.09. The van der Waals surface area contributed by atoms with Gasteiger partial charge in [-0.25, -0.2) is 0 Å². The van der Waals surface area contributed by atoms with Crippen LogP contribution in [0.5, 0.6) is 0 Å². The van der Waals surface area contributed by atoms with E-state index in [0.717, 1.165) is 0 Å². The van der Waals surface area contributed by atoms with Crippen molar-refractivity contribution in [3.05, 3.63) is 23.8 Å². The number of carbonyl (C=O) groups excluding carboxylic acids is 1. The van der Waals surface area contributed by atoms with Gasteiger partial charge >= 0.3 is 0 Å². The van der Waals surface area contributed by atoms with Crippen LogP contribution < -0.4 is 16.8 Å². The lowest BCUT2D eigenvalue weighted by Gasteiger charge is -2.17. The molecular formula is C12H19N3O3. The van der Waals surface area contributed by atoms with Gasteiger partial charge in [-0.2, -0.15) is 0 Å². The Hall–Kier alpha value is -1.79. The monoisotopic (exact) mass is 253 g/mol. The van der Waals surface area contributed by atoms with Gasteiger partial charge in [0.05, 0.1) is 18.3 Å². The van der Waals surface area contributed by atoms with Crippen molar-refractivity contribution in [2.75, 3.05) is 38.4 Å². The first-order chi connectivity index (χ1) is 8.58. The summed E-state index contributed by atoms with van der Waals surface area (Å²) in [6.45, 7) is 0.950. The van der Waals surface area contributed by atoms with Crippen molar-refractivity contribution < 1.29 is 14.3 Å². The summed E-state index contributed by atoms with van der Waals surface area (Å²) in [5.41, 5.74) is 12.5. The first kappa shape index (κ1) is 14.3. The fraction of sp³-hybridized carbons (Fsp3) is 0.417. The van der Waals surface area contributed by atoms with Crippen LogP contribution in [0.25, 0.3) is 0 Å². The third-order valence-electron chi connectivity index (χ3n) is 2.52. The van der Waals surface area contributed by atoms with Gasteiger partial charge in [0.25, 0.3) is 5.91 Å². The fourth-order valence-corrected chi connectivity index (χ4v) is 1.54. The van der Waals surface area contributed by atoms with Crippen LogP contribution in [0.3, 0.4) is 0 Å². The van der Waals surface area contributed by atoms with Gasteiger partial charge in [0.15, 0.2) is 0 Å². The smallest absolute Gasteiger partial charge is 0.250 e. The molecule has 0 spiro atoms. The van der Waals surface area contributed by atoms with E-state index in [1.54, 1.807) is 32.4 Å². The Morgan fingerprint density at radius 2 is 2.17 bits per heavy atom. The zero-order chi connectivity index (χ0) is 13.5. The summed E-state index contributed by atoms with van der Waals surface area (Å²) in [6, 6.07) is 4.89. The number of amides is 1. The van der Waals surface area contributed by atoms with Gasteiger partial charge in [0.2, 0.25) is 0 Å². The zero-order valence-electron chi connectivity index (χ0n) is 10.6. The highest BCUT2D eigenvalue weighted by Crippen LogP contribution is 2.18. The largest absolute Gasteiger partial charge is 0.399 e. The molecule has 0 saturated carbocycles. The molecule has 0 radical (unpaired) electrons. The molecule has 0 saturated heterocycles. The Kier molecular flexibility index (Phi) is 5.41. The molecule has 0 fully saturated rings. The number of anilines is 2. The van der Waals surface area contributed by atoms with Gasteiger partial charge in [-0.1, -0.05) is 0 Å². The van der Waals surface area contributed by atoms with Crippen LogP contribution in [-0.4, -0.2) is 39.4 Å². The van der Waals surface area contributed by atoms with Crippen LogP contribution in [0.2, 0.25) is 0 Å². The number of methoxy groups -OCH3 is 2. The molecule has 1 aromatic rings. The van der Waals surface area contributed by atoms with E-state index < -0.39 is 5.91 Å². The van der Waals surface area contributed by atoms with Gasteiger partial charge in [0.1, 0.15) is 0 Å². The lowest BCUT2D eigenvalue weighted by atomic mass is 10.1. The van der Waals surface area contributed by atoms with Crippen molar-refractivity contribution in [1.29, 1.82) is 0 Å². The highest BCUT2D eigenvalue weighted by molar-refractivity contribution is 5.99. The minimum Gasteiger partial charge on any atom is -0.399 e. The van der Waals surface area contributed by atoms with Crippen molar-refractivity contribution >= 4 is 17.3 Å². The number of hydrogen-bond donors (Lipinski definition) is 3. The second-order valence-electron chi connectivity index (χ2n) is 3.86. The highest BCUT2D eigenvalue weighted by Gasteiger charge is 2.11. The van der Waals surface area contributed by atoms with Crippen molar-refractivity contribution in [1.82, 2.24) is 0 Å². The fourth-order valence-electron chi connectivity index (χ4n) is 1.54. The van der Waals surface area contributed by atoms with Crippen molar-refractivity contribution in [2.24, 2.45) is 5.73 Å². The van der Waals surface area contributed by atoms with Gasteiger partial charge in [-0.05, 0) is 18.2 Å². The van der Waals surface area contributed by atoms with Crippen LogP contribution in [0.15, 0.2) is 18.2 Å². The molecule has 100 valence electrons. The number of nitrogens with one attached hydrogen (secondary N) is 1. The molecule has 1 atom stereocenters. The molecule has 0 bridgehead atoms. The van der Waals surface area contributed by atoms with Crippen LogP contribution in [0.1, 0.15) is 10.4 Å². The molecule has 0 aliphatic carbocycles. The number of ether oxygens (including phenoxy) is 2. The van der Waals surface area contributed by atoms with E-state index in [4.69, 9.17) is 20.9 Å². The topological polar surface area (TPSA) is 99.6 Å². The first-order valence-corrected chi connectivity index (χ1v) is 5.53. The van der Waals surface area contributed by atoms with E-state index in [9.17, 15) is 4.79 Å². The molecular weight excluding hydrogens is 234 g/mol. The van der Waals surface area contributed by atoms with Crippen molar-refractivity contribution in [3.8, 4) is 0 Å². The average Bonchev–Trinajstić information content (AvgIpc) is 2.34. The molecule has 0 aromatic heterocycles.